The molecule has 4 heteroatoms. The van der Waals surface area contributed by atoms with Crippen molar-refractivity contribution in [2.45, 2.75) is 0 Å². The predicted molar refractivity (Wildman–Crippen MR) is 19.5 cm³/mol. The average Bonchev–Trinajstić information content (AvgIpc) is 1.69. The Morgan fingerprint density at radius 3 is 2.14 bits per heavy atom. The van der Waals surface area contributed by atoms with Crippen molar-refractivity contribution in [2.75, 3.05) is 0 Å². The van der Waals surface area contributed by atoms with Gasteiger partial charge in [-0.25, -0.2) is 0 Å². The first kappa shape index (κ1) is 5.08. The quantitative estimate of drug-likeness (QED) is 0.497. The van der Waals surface area contributed by atoms with E-state index in [2.05, 4.69) is 15.0 Å². The number of hydrogen-bond donors (Lipinski definition) is 0. The molecule has 0 N–H and O–H groups in total. The molecule has 0 aliphatic carbocycles. The van der Waals surface area contributed by atoms with Gasteiger partial charge < -0.3 is 0 Å². The normalized spacial score (nSPS) is 8.86. The molecule has 0 saturated carbocycles. The number of aromatic nitrogens is 3. The Morgan fingerprint density at radius 2 is 1.86 bits per heavy atom. The monoisotopic (exact) mass is 194 g/mol. The predicted octanol–water partition coefficient (Wildman–Crippen LogP) is -0.956. The molecular formula is C3H2CdN3. The van der Waals surface area contributed by atoms with E-state index in [0.717, 1.165) is 3.38 Å². The van der Waals surface area contributed by atoms with Gasteiger partial charge in [0.15, 0.2) is 0 Å². The van der Waals surface area contributed by atoms with E-state index < -0.39 is 0 Å². The van der Waals surface area contributed by atoms with E-state index in [-0.39, 0.29) is 0 Å². The summed E-state index contributed by atoms with van der Waals surface area (Å²) in [6.07, 6.45) is 3.03. The number of nitrogens with zero attached hydrogens (tertiary/aromatic N) is 3. The zero-order chi connectivity index (χ0) is 5.11. The van der Waals surface area contributed by atoms with Gasteiger partial charge >= 0.3 is 56.8 Å². The summed E-state index contributed by atoms with van der Waals surface area (Å²) >= 11 is 0.708. The average molecular weight is 192 g/mol. The zero-order valence-electron chi connectivity index (χ0n) is 3.70. The van der Waals surface area contributed by atoms with Gasteiger partial charge in [-0.15, -0.1) is 0 Å². The molecule has 0 aliphatic rings. The Balaban J connectivity index is 3.02. The molecule has 0 bridgehead atoms. The molecule has 7 heavy (non-hydrogen) atoms. The minimum absolute atomic E-state index is 0.708. The van der Waals surface area contributed by atoms with Gasteiger partial charge in [-0.05, 0) is 0 Å². The van der Waals surface area contributed by atoms with Crippen molar-refractivity contribution in [1.82, 2.24) is 15.0 Å². The second-order valence-electron chi connectivity index (χ2n) is 1.05. The molecule has 1 heterocycles. The fraction of sp³-hybridized carbons (Fsp3) is 0. The van der Waals surface area contributed by atoms with Gasteiger partial charge in [-0.2, -0.15) is 0 Å². The summed E-state index contributed by atoms with van der Waals surface area (Å²) in [5, 5.41) is 0. The molecule has 0 amide bonds. The van der Waals surface area contributed by atoms with Crippen molar-refractivity contribution < 1.29 is 25.8 Å². The summed E-state index contributed by atoms with van der Waals surface area (Å²) in [6, 6.07) is 0. The maximum atomic E-state index is 3.83. The Hall–Kier alpha value is -0.0679. The first-order valence-electron chi connectivity index (χ1n) is 1.83. The van der Waals surface area contributed by atoms with Crippen molar-refractivity contribution in [3.63, 3.8) is 0 Å². The van der Waals surface area contributed by atoms with E-state index >= 15 is 0 Å². The van der Waals surface area contributed by atoms with Gasteiger partial charge in [-0.3, -0.25) is 0 Å². The molecule has 1 aromatic heterocycles. The molecular weight excluding hydrogens is 190 g/mol. The van der Waals surface area contributed by atoms with Crippen LogP contribution in [-0.4, -0.2) is 15.0 Å². The van der Waals surface area contributed by atoms with E-state index in [4.69, 9.17) is 0 Å². The van der Waals surface area contributed by atoms with Gasteiger partial charge in [-0.1, -0.05) is 0 Å². The molecule has 0 fully saturated rings. The van der Waals surface area contributed by atoms with Crippen LogP contribution in [0.2, 0.25) is 0 Å². The standard InChI is InChI=1S/C3H2N3.Cd/c1-4-2-6-3-5-1;/h1-2H;. The molecule has 0 spiro atoms. The van der Waals surface area contributed by atoms with Crippen LogP contribution in [0, 0.1) is 0 Å². The Labute approximate surface area is 56.9 Å². The summed E-state index contributed by atoms with van der Waals surface area (Å²) in [5.74, 6) is 0. The van der Waals surface area contributed by atoms with Crippen molar-refractivity contribution in [1.29, 1.82) is 0 Å². The van der Waals surface area contributed by atoms with Crippen LogP contribution in [0.1, 0.15) is 0 Å². The zero-order valence-corrected chi connectivity index (χ0v) is 7.74. The fourth-order valence-corrected chi connectivity index (χ4v) is 0.729. The molecule has 31 valence electrons. The fourth-order valence-electron chi connectivity index (χ4n) is 0.263. The van der Waals surface area contributed by atoms with Crippen LogP contribution in [-0.2, 0) is 25.8 Å². The Kier molecular flexibility index (Phi) is 1.66. The topological polar surface area (TPSA) is 38.7 Å². The third-order valence-corrected chi connectivity index (χ3v) is 1.59. The van der Waals surface area contributed by atoms with Gasteiger partial charge in [0.25, 0.3) is 0 Å². The van der Waals surface area contributed by atoms with Crippen molar-refractivity contribution in [3.8, 4) is 0 Å². The second-order valence-corrected chi connectivity index (χ2v) is 2.86. The summed E-state index contributed by atoms with van der Waals surface area (Å²) in [5.41, 5.74) is 0. The van der Waals surface area contributed by atoms with Crippen LogP contribution in [0.4, 0.5) is 0 Å². The number of hydrogen-bond acceptors (Lipinski definition) is 3. The molecule has 0 saturated heterocycles. The van der Waals surface area contributed by atoms with Crippen molar-refractivity contribution in [2.24, 2.45) is 0 Å². The maximum absolute atomic E-state index is 3.83. The molecule has 0 radical (unpaired) electrons. The molecule has 0 aliphatic heterocycles. The summed E-state index contributed by atoms with van der Waals surface area (Å²) in [6.45, 7) is 0. The van der Waals surface area contributed by atoms with Gasteiger partial charge in [0.05, 0.1) is 0 Å². The van der Waals surface area contributed by atoms with E-state index in [0.29, 0.717) is 25.8 Å². The molecule has 0 atom stereocenters. The van der Waals surface area contributed by atoms with Crippen molar-refractivity contribution in [3.05, 3.63) is 12.7 Å². The molecule has 3 nitrogen and oxygen atoms in total. The molecule has 1 aromatic rings. The van der Waals surface area contributed by atoms with Crippen LogP contribution in [0.15, 0.2) is 12.7 Å². The van der Waals surface area contributed by atoms with Crippen LogP contribution < -0.4 is 3.38 Å². The van der Waals surface area contributed by atoms with Crippen LogP contribution in [0.3, 0.4) is 0 Å². The van der Waals surface area contributed by atoms with Gasteiger partial charge in [0.2, 0.25) is 0 Å². The Morgan fingerprint density at radius 1 is 1.29 bits per heavy atom. The van der Waals surface area contributed by atoms with Crippen molar-refractivity contribution >= 4 is 3.38 Å². The van der Waals surface area contributed by atoms with Crippen LogP contribution >= 0.6 is 0 Å². The Bertz CT molecular complexity index is 140. The second kappa shape index (κ2) is 2.29. The molecule has 0 aromatic carbocycles. The first-order valence-corrected chi connectivity index (χ1v) is 3.85. The van der Waals surface area contributed by atoms with Gasteiger partial charge in [0, 0.05) is 0 Å². The van der Waals surface area contributed by atoms with E-state index in [1.165, 1.54) is 12.7 Å². The van der Waals surface area contributed by atoms with Crippen LogP contribution in [0.5, 0.6) is 0 Å². The van der Waals surface area contributed by atoms with E-state index in [9.17, 15) is 0 Å². The number of rotatable bonds is 0. The van der Waals surface area contributed by atoms with Gasteiger partial charge in [0.1, 0.15) is 0 Å². The van der Waals surface area contributed by atoms with Crippen LogP contribution in [0.25, 0.3) is 0 Å². The third-order valence-electron chi connectivity index (χ3n) is 0.547. The molecule has 1 rings (SSSR count). The minimum atomic E-state index is 0.708. The summed E-state index contributed by atoms with van der Waals surface area (Å²) in [7, 11) is 0. The molecule has 0 unspecified atom stereocenters. The first-order chi connectivity index (χ1) is 3.39. The summed E-state index contributed by atoms with van der Waals surface area (Å²) in [4.78, 5) is 11.3. The van der Waals surface area contributed by atoms with E-state index in [1.54, 1.807) is 0 Å². The third kappa shape index (κ3) is 1.46. The SMILES string of the molecule is [Cd][c]1ncncn1. The summed E-state index contributed by atoms with van der Waals surface area (Å²) < 4.78 is 0.929. The van der Waals surface area contributed by atoms with E-state index in [1.807, 2.05) is 0 Å².